The molecular formula is C29H21Zr-. The van der Waals surface area contributed by atoms with Crippen LogP contribution in [0.2, 0.25) is 0 Å². The van der Waals surface area contributed by atoms with Crippen molar-refractivity contribution >= 4 is 16.7 Å². The zero-order chi connectivity index (χ0) is 19.5. The average molecular weight is 461 g/mol. The molecule has 0 aromatic heterocycles. The van der Waals surface area contributed by atoms with Crippen LogP contribution >= 0.6 is 0 Å². The Bertz CT molecular complexity index is 1160. The van der Waals surface area contributed by atoms with Crippen molar-refractivity contribution in [2.75, 3.05) is 0 Å². The molecule has 0 saturated heterocycles. The van der Waals surface area contributed by atoms with Gasteiger partial charge in [-0.25, -0.2) is 0 Å². The Hall–Kier alpha value is -2.76. The van der Waals surface area contributed by atoms with E-state index in [-0.39, 0.29) is 32.1 Å². The zero-order valence-corrected chi connectivity index (χ0v) is 19.1. The third-order valence-corrected chi connectivity index (χ3v) is 5.44. The molecule has 0 radical (unpaired) electrons. The van der Waals surface area contributed by atoms with Crippen LogP contribution < -0.4 is 0 Å². The van der Waals surface area contributed by atoms with E-state index in [2.05, 4.69) is 127 Å². The molecular weight excluding hydrogens is 440 g/mol. The maximum absolute atomic E-state index is 3.86. The summed E-state index contributed by atoms with van der Waals surface area (Å²) in [4.78, 5) is 0. The van der Waals surface area contributed by atoms with Gasteiger partial charge in [0.25, 0.3) is 0 Å². The second-order valence-electron chi connectivity index (χ2n) is 7.25. The molecule has 1 aliphatic rings. The SMILES string of the molecule is [C-]1=C(c2ccccc2)C(c2ccccc2)=C(c2ccccc2)C1c1ccccc1.[Zr]. The Labute approximate surface area is 197 Å². The Morgan fingerprint density at radius 2 is 0.900 bits per heavy atom. The molecule has 0 aliphatic heterocycles. The summed E-state index contributed by atoms with van der Waals surface area (Å²) in [5.74, 6) is 0.101. The second-order valence-corrected chi connectivity index (χ2v) is 7.25. The minimum Gasteiger partial charge on any atom is -0.188 e. The van der Waals surface area contributed by atoms with Gasteiger partial charge in [0.1, 0.15) is 0 Å². The first-order valence-electron chi connectivity index (χ1n) is 10.0. The average Bonchev–Trinajstić information content (AvgIpc) is 3.22. The summed E-state index contributed by atoms with van der Waals surface area (Å²) in [7, 11) is 0. The van der Waals surface area contributed by atoms with Gasteiger partial charge in [0.2, 0.25) is 0 Å². The Balaban J connectivity index is 0.00000218. The monoisotopic (exact) mass is 459 g/mol. The van der Waals surface area contributed by atoms with Crippen molar-refractivity contribution < 1.29 is 26.2 Å². The standard InChI is InChI=1S/C29H21.Zr/c1-5-13-22(14-6-1)26-21-27(23-15-7-2-8-16-23)29(25-19-11-4-12-20-25)28(26)24-17-9-3-10-18-24;/h1-20,26H;/q-1;. The molecule has 0 heterocycles. The van der Waals surface area contributed by atoms with Crippen molar-refractivity contribution in [2.24, 2.45) is 0 Å². The summed E-state index contributed by atoms with van der Waals surface area (Å²) in [5, 5.41) is 0. The summed E-state index contributed by atoms with van der Waals surface area (Å²) in [6, 6.07) is 42.8. The third-order valence-electron chi connectivity index (χ3n) is 5.44. The van der Waals surface area contributed by atoms with E-state index in [0.717, 1.165) is 0 Å². The van der Waals surface area contributed by atoms with Gasteiger partial charge in [0.05, 0.1) is 0 Å². The fraction of sp³-hybridized carbons (Fsp3) is 0.0345. The molecule has 4 aromatic carbocycles. The topological polar surface area (TPSA) is 0 Å². The van der Waals surface area contributed by atoms with Gasteiger partial charge in [-0.2, -0.15) is 11.6 Å². The van der Waals surface area contributed by atoms with Crippen LogP contribution in [0.1, 0.15) is 28.2 Å². The van der Waals surface area contributed by atoms with Crippen LogP contribution in [0.25, 0.3) is 16.7 Å². The fourth-order valence-corrected chi connectivity index (χ4v) is 4.13. The van der Waals surface area contributed by atoms with Crippen molar-refractivity contribution in [1.82, 2.24) is 0 Å². The van der Waals surface area contributed by atoms with Crippen LogP contribution in [-0.2, 0) is 26.2 Å². The van der Waals surface area contributed by atoms with Crippen LogP contribution in [0, 0.1) is 6.08 Å². The summed E-state index contributed by atoms with van der Waals surface area (Å²) in [6.07, 6.45) is 3.86. The molecule has 5 rings (SSSR count). The Morgan fingerprint density at radius 3 is 1.43 bits per heavy atom. The zero-order valence-electron chi connectivity index (χ0n) is 16.6. The molecule has 0 spiro atoms. The van der Waals surface area contributed by atoms with E-state index in [0.29, 0.717) is 0 Å². The predicted molar refractivity (Wildman–Crippen MR) is 122 cm³/mol. The predicted octanol–water partition coefficient (Wildman–Crippen LogP) is 7.28. The summed E-state index contributed by atoms with van der Waals surface area (Å²) < 4.78 is 0. The van der Waals surface area contributed by atoms with E-state index < -0.39 is 0 Å². The number of benzene rings is 4. The first-order valence-corrected chi connectivity index (χ1v) is 10.0. The largest absolute Gasteiger partial charge is 0.188 e. The van der Waals surface area contributed by atoms with E-state index in [9.17, 15) is 0 Å². The summed E-state index contributed by atoms with van der Waals surface area (Å²) >= 11 is 0. The quantitative estimate of drug-likeness (QED) is 0.281. The number of hydrogen-bond donors (Lipinski definition) is 0. The van der Waals surface area contributed by atoms with Crippen LogP contribution in [0.15, 0.2) is 121 Å². The number of allylic oxidation sites excluding steroid dienone is 4. The molecule has 1 unspecified atom stereocenters. The van der Waals surface area contributed by atoms with Crippen molar-refractivity contribution in [3.63, 3.8) is 0 Å². The van der Waals surface area contributed by atoms with E-state index in [1.807, 2.05) is 0 Å². The first-order chi connectivity index (χ1) is 14.4. The van der Waals surface area contributed by atoms with Gasteiger partial charge < -0.3 is 0 Å². The molecule has 0 bridgehead atoms. The minimum absolute atomic E-state index is 0. The van der Waals surface area contributed by atoms with Gasteiger partial charge in [-0.3, -0.25) is 0 Å². The molecule has 1 aliphatic carbocycles. The molecule has 30 heavy (non-hydrogen) atoms. The molecule has 0 amide bonds. The molecule has 4 aromatic rings. The molecule has 0 saturated carbocycles. The van der Waals surface area contributed by atoms with Crippen molar-refractivity contribution in [3.05, 3.63) is 150 Å². The second kappa shape index (κ2) is 9.37. The molecule has 0 N–H and O–H groups in total. The number of rotatable bonds is 4. The van der Waals surface area contributed by atoms with Gasteiger partial charge >= 0.3 is 0 Å². The Morgan fingerprint density at radius 1 is 0.467 bits per heavy atom. The molecule has 1 heteroatoms. The van der Waals surface area contributed by atoms with Gasteiger partial charge in [0.15, 0.2) is 0 Å². The van der Waals surface area contributed by atoms with Crippen molar-refractivity contribution in [1.29, 1.82) is 0 Å². The molecule has 1 atom stereocenters. The van der Waals surface area contributed by atoms with E-state index in [1.165, 1.54) is 39.0 Å². The van der Waals surface area contributed by atoms with Crippen LogP contribution in [0.4, 0.5) is 0 Å². The molecule has 142 valence electrons. The molecule has 0 fully saturated rings. The number of hydrogen-bond acceptors (Lipinski definition) is 0. The third kappa shape index (κ3) is 3.96. The summed E-state index contributed by atoms with van der Waals surface area (Å²) in [5.41, 5.74) is 8.74. The molecule has 0 nitrogen and oxygen atoms in total. The maximum Gasteiger partial charge on any atom is 0 e. The van der Waals surface area contributed by atoms with Gasteiger partial charge in [-0.05, 0) is 17.0 Å². The first kappa shape index (κ1) is 20.5. The van der Waals surface area contributed by atoms with Gasteiger partial charge in [0, 0.05) is 26.2 Å². The maximum atomic E-state index is 3.86. The van der Waals surface area contributed by atoms with Crippen molar-refractivity contribution in [3.8, 4) is 0 Å². The minimum atomic E-state index is 0. The van der Waals surface area contributed by atoms with Gasteiger partial charge in [-0.1, -0.05) is 120 Å². The van der Waals surface area contributed by atoms with Crippen LogP contribution in [0.3, 0.4) is 0 Å². The Kier molecular flexibility index (Phi) is 6.41. The van der Waals surface area contributed by atoms with Crippen LogP contribution in [0.5, 0.6) is 0 Å². The van der Waals surface area contributed by atoms with E-state index >= 15 is 0 Å². The van der Waals surface area contributed by atoms with Crippen LogP contribution in [-0.4, -0.2) is 0 Å². The van der Waals surface area contributed by atoms with E-state index in [4.69, 9.17) is 0 Å². The normalized spacial score (nSPS) is 15.5. The van der Waals surface area contributed by atoms with Crippen molar-refractivity contribution in [2.45, 2.75) is 5.92 Å². The van der Waals surface area contributed by atoms with E-state index in [1.54, 1.807) is 0 Å². The summed E-state index contributed by atoms with van der Waals surface area (Å²) in [6.45, 7) is 0. The fourth-order valence-electron chi connectivity index (χ4n) is 4.13. The van der Waals surface area contributed by atoms with Gasteiger partial charge in [-0.15, -0.1) is 23.3 Å². The smallest absolute Gasteiger partial charge is 0 e.